The quantitative estimate of drug-likeness (QED) is 0.353. The zero-order valence-corrected chi connectivity index (χ0v) is 18.8. The largest absolute Gasteiger partial charge is 0.606 e. The maximum Gasteiger partial charge on any atom is 0.436 e. The summed E-state index contributed by atoms with van der Waals surface area (Å²) in [6, 6.07) is 13.5. The summed E-state index contributed by atoms with van der Waals surface area (Å²) in [7, 11) is 2.27. The van der Waals surface area contributed by atoms with Crippen molar-refractivity contribution >= 4 is 46.6 Å². The minimum atomic E-state index is -1.52. The molecule has 0 heterocycles. The van der Waals surface area contributed by atoms with Gasteiger partial charge in [0.1, 0.15) is 0 Å². The number of anilines is 2. The molecule has 10 nitrogen and oxygen atoms in total. The van der Waals surface area contributed by atoms with Crippen molar-refractivity contribution in [2.45, 2.75) is 23.6 Å². The van der Waals surface area contributed by atoms with E-state index < -0.39 is 23.4 Å². The van der Waals surface area contributed by atoms with Gasteiger partial charge in [-0.25, -0.2) is 9.59 Å². The van der Waals surface area contributed by atoms with Crippen LogP contribution >= 0.6 is 0 Å². The van der Waals surface area contributed by atoms with Crippen LogP contribution in [-0.2, 0) is 25.4 Å². The Balaban J connectivity index is 2.48. The van der Waals surface area contributed by atoms with Crippen LogP contribution in [0.1, 0.15) is 13.8 Å². The number of nitrogens with one attached hydrogen (secondary N) is 3. The molecule has 170 valence electrons. The number of ether oxygens (including phenoxy) is 2. The van der Waals surface area contributed by atoms with Crippen molar-refractivity contribution in [1.82, 2.24) is 5.32 Å². The summed E-state index contributed by atoms with van der Waals surface area (Å²) < 4.78 is 22.0. The molecule has 0 aliphatic heterocycles. The number of nitrogens with zero attached hydrogens (tertiary/aromatic N) is 1. The summed E-state index contributed by atoms with van der Waals surface area (Å²) in [6.07, 6.45) is -1.88. The molecule has 3 amide bonds. The number of hydrogen-bond acceptors (Lipinski definition) is 6. The summed E-state index contributed by atoms with van der Waals surface area (Å²) in [5.41, 5.74) is 0.557. The van der Waals surface area contributed by atoms with E-state index in [1.165, 1.54) is 6.07 Å². The lowest BCUT2D eigenvalue weighted by Crippen LogP contribution is -2.37. The molecule has 2 aromatic rings. The number of rotatable bonds is 5. The lowest BCUT2D eigenvalue weighted by molar-refractivity contribution is -0.118. The van der Waals surface area contributed by atoms with Gasteiger partial charge in [-0.3, -0.25) is 10.1 Å². The number of benzene rings is 2. The van der Waals surface area contributed by atoms with Crippen LogP contribution in [0.3, 0.4) is 0 Å². The Kier molecular flexibility index (Phi) is 9.05. The number of carbonyl (C=O) groups is 3. The van der Waals surface area contributed by atoms with E-state index in [9.17, 15) is 18.9 Å². The minimum Gasteiger partial charge on any atom is -0.606 e. The van der Waals surface area contributed by atoms with Crippen LogP contribution in [0.15, 0.2) is 63.3 Å². The first-order chi connectivity index (χ1) is 15.2. The van der Waals surface area contributed by atoms with Crippen LogP contribution in [0, 0.1) is 5.92 Å². The maximum atomic E-state index is 13.0. The third kappa shape index (κ3) is 7.00. The second-order valence-electron chi connectivity index (χ2n) is 6.61. The molecule has 0 saturated heterocycles. The zero-order valence-electron chi connectivity index (χ0n) is 18.0. The third-order valence-corrected chi connectivity index (χ3v) is 5.36. The van der Waals surface area contributed by atoms with Gasteiger partial charge >= 0.3 is 12.2 Å². The van der Waals surface area contributed by atoms with E-state index in [2.05, 4.69) is 30.4 Å². The highest BCUT2D eigenvalue weighted by molar-refractivity contribution is 7.91. The number of amides is 3. The third-order valence-electron chi connectivity index (χ3n) is 3.98. The van der Waals surface area contributed by atoms with Gasteiger partial charge < -0.3 is 24.7 Å². The molecule has 1 atom stereocenters. The topological polar surface area (TPSA) is 141 Å². The number of aliphatic imine (C=N–C) groups is 1. The summed E-state index contributed by atoms with van der Waals surface area (Å²) in [6.45, 7) is 3.45. The van der Waals surface area contributed by atoms with Gasteiger partial charge in [0, 0.05) is 23.2 Å². The predicted molar refractivity (Wildman–Crippen MR) is 120 cm³/mol. The van der Waals surface area contributed by atoms with Gasteiger partial charge in [0.25, 0.3) is 0 Å². The van der Waals surface area contributed by atoms with Crippen LogP contribution in [-0.4, -0.2) is 42.8 Å². The smallest absolute Gasteiger partial charge is 0.436 e. The lowest BCUT2D eigenvalue weighted by atomic mass is 10.2. The van der Waals surface area contributed by atoms with Crippen molar-refractivity contribution < 1.29 is 28.4 Å². The molecule has 0 aromatic heterocycles. The molecule has 3 N–H and O–H groups in total. The molecule has 0 aliphatic carbocycles. The van der Waals surface area contributed by atoms with Crippen LogP contribution in [0.25, 0.3) is 0 Å². The Hall–Kier alpha value is -3.57. The second-order valence-corrected chi connectivity index (χ2v) is 8.09. The number of guanidine groups is 1. The Morgan fingerprint density at radius 1 is 0.938 bits per heavy atom. The zero-order chi connectivity index (χ0) is 23.7. The van der Waals surface area contributed by atoms with E-state index in [0.717, 1.165) is 14.2 Å². The molecule has 32 heavy (non-hydrogen) atoms. The highest BCUT2D eigenvalue weighted by Gasteiger charge is 2.20. The maximum absolute atomic E-state index is 13.0. The molecule has 0 fully saturated rings. The SMILES string of the molecule is COC(=O)N=C(NC(=O)OC)Nc1cc([S+]([O-])c2ccccc2)ccc1NC(=O)C(C)C. The molecule has 0 radical (unpaired) electrons. The van der Waals surface area contributed by atoms with Gasteiger partial charge in [0.05, 0.1) is 25.6 Å². The highest BCUT2D eigenvalue weighted by atomic mass is 32.2. The molecule has 0 bridgehead atoms. The average molecular weight is 461 g/mol. The monoisotopic (exact) mass is 460 g/mol. The standard InChI is InChI=1S/C21H24N4O6S/c1-13(2)18(26)22-16-11-10-15(32(29)14-8-6-5-7-9-14)12-17(16)23-19(24-20(27)30-3)25-21(28)31-4/h5-13H,1-4H3,(H,22,26)(H2,23,24,25,27,28). The number of hydrogen-bond donors (Lipinski definition) is 3. The van der Waals surface area contributed by atoms with Crippen molar-refractivity contribution in [3.05, 3.63) is 48.5 Å². The first-order valence-corrected chi connectivity index (χ1v) is 10.6. The number of carbonyl (C=O) groups excluding carboxylic acids is 3. The van der Waals surface area contributed by atoms with Crippen molar-refractivity contribution in [1.29, 1.82) is 0 Å². The summed E-state index contributed by atoms with van der Waals surface area (Å²) in [5, 5.41) is 7.75. The van der Waals surface area contributed by atoms with Crippen molar-refractivity contribution in [3.8, 4) is 0 Å². The Labute approximate surface area is 188 Å². The van der Waals surface area contributed by atoms with Gasteiger partial charge in [-0.15, -0.1) is 4.99 Å². The lowest BCUT2D eigenvalue weighted by Gasteiger charge is -2.17. The predicted octanol–water partition coefficient (Wildman–Crippen LogP) is 3.34. The molecule has 11 heteroatoms. The molecule has 0 saturated carbocycles. The number of alkyl carbamates (subject to hydrolysis) is 1. The van der Waals surface area contributed by atoms with E-state index in [1.54, 1.807) is 50.2 Å². The molecular formula is C21H24N4O6S. The van der Waals surface area contributed by atoms with Crippen molar-refractivity contribution in [3.63, 3.8) is 0 Å². The fourth-order valence-corrected chi connectivity index (χ4v) is 3.40. The normalized spacial score (nSPS) is 12.0. The van der Waals surface area contributed by atoms with Gasteiger partial charge in [0.15, 0.2) is 9.79 Å². The number of methoxy groups -OCH3 is 2. The summed E-state index contributed by atoms with van der Waals surface area (Å²) >= 11 is -1.52. The van der Waals surface area contributed by atoms with Crippen LogP contribution in [0.5, 0.6) is 0 Å². The Morgan fingerprint density at radius 2 is 1.62 bits per heavy atom. The fraction of sp³-hybridized carbons (Fsp3) is 0.238. The second kappa shape index (κ2) is 11.7. The molecule has 2 aromatic carbocycles. The molecular weight excluding hydrogens is 436 g/mol. The first kappa shape index (κ1) is 24.7. The van der Waals surface area contributed by atoms with E-state index in [4.69, 9.17) is 0 Å². The van der Waals surface area contributed by atoms with Crippen molar-refractivity contribution in [2.24, 2.45) is 10.9 Å². The molecule has 0 spiro atoms. The Bertz CT molecular complexity index is 997. The van der Waals surface area contributed by atoms with E-state index in [-0.39, 0.29) is 23.5 Å². The first-order valence-electron chi connectivity index (χ1n) is 9.45. The fourth-order valence-electron chi connectivity index (χ4n) is 2.31. The van der Waals surface area contributed by atoms with E-state index in [1.807, 2.05) is 6.07 Å². The van der Waals surface area contributed by atoms with Gasteiger partial charge in [-0.2, -0.15) is 0 Å². The average Bonchev–Trinajstić information content (AvgIpc) is 2.79. The van der Waals surface area contributed by atoms with E-state index >= 15 is 0 Å². The van der Waals surface area contributed by atoms with Crippen LogP contribution < -0.4 is 16.0 Å². The summed E-state index contributed by atoms with van der Waals surface area (Å²) in [5.74, 6) is -0.888. The van der Waals surface area contributed by atoms with Gasteiger partial charge in [0.2, 0.25) is 11.9 Å². The van der Waals surface area contributed by atoms with Gasteiger partial charge in [-0.1, -0.05) is 32.0 Å². The van der Waals surface area contributed by atoms with Crippen LogP contribution in [0.2, 0.25) is 0 Å². The van der Waals surface area contributed by atoms with Crippen molar-refractivity contribution in [2.75, 3.05) is 24.9 Å². The molecule has 0 aliphatic rings. The van der Waals surface area contributed by atoms with Crippen LogP contribution in [0.4, 0.5) is 21.0 Å². The Morgan fingerprint density at radius 3 is 2.22 bits per heavy atom. The highest BCUT2D eigenvalue weighted by Crippen LogP contribution is 2.29. The summed E-state index contributed by atoms with van der Waals surface area (Å²) in [4.78, 5) is 40.2. The molecule has 2 rings (SSSR count). The van der Waals surface area contributed by atoms with E-state index in [0.29, 0.717) is 15.5 Å². The minimum absolute atomic E-state index is 0.236. The van der Waals surface area contributed by atoms with Gasteiger partial charge in [-0.05, 0) is 24.3 Å². The molecule has 1 unspecified atom stereocenters.